The number of hydrogen-bond donors (Lipinski definition) is 2. The van der Waals surface area contributed by atoms with E-state index in [-0.39, 0.29) is 12.0 Å². The zero-order chi connectivity index (χ0) is 22.4. The van der Waals surface area contributed by atoms with Gasteiger partial charge in [-0.3, -0.25) is 0 Å². The SMILES string of the molecule is CCOC(=O)c1c(NC(=S)NC(CC)c2ccc(C)cc2)sc(C)c1-c1ccccc1. The van der Waals surface area contributed by atoms with Gasteiger partial charge in [0.15, 0.2) is 5.11 Å². The van der Waals surface area contributed by atoms with Crippen molar-refractivity contribution in [2.24, 2.45) is 0 Å². The summed E-state index contributed by atoms with van der Waals surface area (Å²) in [5, 5.41) is 7.84. The van der Waals surface area contributed by atoms with Crippen LogP contribution < -0.4 is 10.6 Å². The summed E-state index contributed by atoms with van der Waals surface area (Å²) in [4.78, 5) is 13.9. The number of esters is 1. The number of aryl methyl sites for hydroxylation is 2. The standard InChI is InChI=1S/C25H28N2O2S2/c1-5-20(18-14-12-16(3)13-15-18)26-25(30)27-23-22(24(28)29-6-2)21(17(4)31-23)19-10-8-7-9-11-19/h7-15,20H,5-6H2,1-4H3,(H2,26,27,30). The topological polar surface area (TPSA) is 50.4 Å². The van der Waals surface area contributed by atoms with Gasteiger partial charge in [-0.15, -0.1) is 11.3 Å². The van der Waals surface area contributed by atoms with E-state index in [1.165, 1.54) is 22.5 Å². The summed E-state index contributed by atoms with van der Waals surface area (Å²) < 4.78 is 5.37. The molecule has 6 heteroatoms. The summed E-state index contributed by atoms with van der Waals surface area (Å²) in [5.74, 6) is -0.346. The molecule has 1 atom stereocenters. The van der Waals surface area contributed by atoms with Crippen molar-refractivity contribution in [3.63, 3.8) is 0 Å². The average molecular weight is 453 g/mol. The summed E-state index contributed by atoms with van der Waals surface area (Å²) in [6, 6.07) is 18.4. The van der Waals surface area contributed by atoms with Gasteiger partial charge in [0.25, 0.3) is 0 Å². The molecule has 162 valence electrons. The van der Waals surface area contributed by atoms with E-state index in [1.54, 1.807) is 0 Å². The number of carbonyl (C=O) groups excluding carboxylic acids is 1. The maximum Gasteiger partial charge on any atom is 0.341 e. The largest absolute Gasteiger partial charge is 0.462 e. The molecule has 1 aromatic heterocycles. The molecule has 0 fully saturated rings. The number of anilines is 1. The van der Waals surface area contributed by atoms with Crippen molar-refractivity contribution < 1.29 is 9.53 Å². The smallest absolute Gasteiger partial charge is 0.341 e. The minimum absolute atomic E-state index is 0.0845. The zero-order valence-corrected chi connectivity index (χ0v) is 20.0. The molecule has 0 aliphatic carbocycles. The molecule has 3 aromatic rings. The van der Waals surface area contributed by atoms with Crippen molar-refractivity contribution in [1.29, 1.82) is 0 Å². The van der Waals surface area contributed by atoms with Crippen LogP contribution in [-0.2, 0) is 4.74 Å². The second-order valence-electron chi connectivity index (χ2n) is 7.29. The molecule has 0 spiro atoms. The summed E-state index contributed by atoms with van der Waals surface area (Å²) >= 11 is 7.13. The van der Waals surface area contributed by atoms with Crippen LogP contribution in [0.5, 0.6) is 0 Å². The summed E-state index contributed by atoms with van der Waals surface area (Å²) in [7, 11) is 0. The Morgan fingerprint density at radius 2 is 1.74 bits per heavy atom. The van der Waals surface area contributed by atoms with Crippen molar-refractivity contribution in [3.05, 3.63) is 76.2 Å². The molecule has 0 bridgehead atoms. The van der Waals surface area contributed by atoms with Crippen molar-refractivity contribution >= 4 is 39.6 Å². The Morgan fingerprint density at radius 3 is 2.35 bits per heavy atom. The molecule has 0 amide bonds. The van der Waals surface area contributed by atoms with Gasteiger partial charge in [0, 0.05) is 10.4 Å². The predicted molar refractivity (Wildman–Crippen MR) is 134 cm³/mol. The van der Waals surface area contributed by atoms with Crippen LogP contribution in [0.2, 0.25) is 0 Å². The van der Waals surface area contributed by atoms with E-state index >= 15 is 0 Å². The molecule has 0 saturated heterocycles. The number of ether oxygens (including phenoxy) is 1. The van der Waals surface area contributed by atoms with Crippen LogP contribution >= 0.6 is 23.6 Å². The predicted octanol–water partition coefficient (Wildman–Crippen LogP) is 6.65. The number of hydrogen-bond acceptors (Lipinski definition) is 4. The monoisotopic (exact) mass is 452 g/mol. The van der Waals surface area contributed by atoms with E-state index in [0.29, 0.717) is 22.3 Å². The number of thiocarbonyl (C=S) groups is 1. The first-order valence-electron chi connectivity index (χ1n) is 10.4. The second kappa shape index (κ2) is 10.6. The van der Waals surface area contributed by atoms with Crippen LogP contribution in [-0.4, -0.2) is 17.7 Å². The molecular formula is C25H28N2O2S2. The fraction of sp³-hybridized carbons (Fsp3) is 0.280. The maximum absolute atomic E-state index is 12.9. The van der Waals surface area contributed by atoms with Crippen LogP contribution in [0.15, 0.2) is 54.6 Å². The molecular weight excluding hydrogens is 424 g/mol. The van der Waals surface area contributed by atoms with Crippen molar-refractivity contribution in [2.75, 3.05) is 11.9 Å². The van der Waals surface area contributed by atoms with Gasteiger partial charge < -0.3 is 15.4 Å². The number of thiophene rings is 1. The Balaban J connectivity index is 1.88. The third kappa shape index (κ3) is 5.51. The molecule has 1 heterocycles. The summed E-state index contributed by atoms with van der Waals surface area (Å²) in [5.41, 5.74) is 4.80. The Hall–Kier alpha value is -2.70. The van der Waals surface area contributed by atoms with Crippen LogP contribution in [0.4, 0.5) is 5.00 Å². The quantitative estimate of drug-likeness (QED) is 0.311. The van der Waals surface area contributed by atoms with E-state index in [0.717, 1.165) is 22.4 Å². The van der Waals surface area contributed by atoms with Gasteiger partial charge in [-0.1, -0.05) is 67.1 Å². The van der Waals surface area contributed by atoms with Gasteiger partial charge in [-0.25, -0.2) is 4.79 Å². The third-order valence-corrected chi connectivity index (χ3v) is 6.29. The Labute approximate surface area is 193 Å². The fourth-order valence-electron chi connectivity index (χ4n) is 3.50. The van der Waals surface area contributed by atoms with E-state index in [2.05, 4.69) is 48.7 Å². The highest BCUT2D eigenvalue weighted by molar-refractivity contribution is 7.80. The van der Waals surface area contributed by atoms with Gasteiger partial charge >= 0.3 is 5.97 Å². The molecule has 3 rings (SSSR count). The molecule has 2 aromatic carbocycles. The van der Waals surface area contributed by atoms with Crippen molar-refractivity contribution in [3.8, 4) is 11.1 Å². The first-order valence-corrected chi connectivity index (χ1v) is 11.7. The highest BCUT2D eigenvalue weighted by atomic mass is 32.1. The van der Waals surface area contributed by atoms with Gasteiger partial charge in [-0.05, 0) is 50.5 Å². The molecule has 0 aliphatic heterocycles. The van der Waals surface area contributed by atoms with E-state index in [9.17, 15) is 4.79 Å². The molecule has 0 radical (unpaired) electrons. The normalized spacial score (nSPS) is 11.6. The molecule has 2 N–H and O–H groups in total. The Kier molecular flexibility index (Phi) is 7.82. The molecule has 4 nitrogen and oxygen atoms in total. The molecule has 1 unspecified atom stereocenters. The van der Waals surface area contributed by atoms with Gasteiger partial charge in [0.1, 0.15) is 10.6 Å². The summed E-state index contributed by atoms with van der Waals surface area (Å²) in [6.07, 6.45) is 0.883. The van der Waals surface area contributed by atoms with Crippen molar-refractivity contribution in [2.45, 2.75) is 40.2 Å². The van der Waals surface area contributed by atoms with Gasteiger partial charge in [0.05, 0.1) is 12.6 Å². The minimum atomic E-state index is -0.346. The number of rotatable bonds is 7. The lowest BCUT2D eigenvalue weighted by atomic mass is 10.0. The van der Waals surface area contributed by atoms with Crippen LogP contribution in [0.1, 0.15) is 52.7 Å². The lowest BCUT2D eigenvalue weighted by molar-refractivity contribution is 0.0529. The molecule has 0 saturated carbocycles. The highest BCUT2D eigenvalue weighted by Gasteiger charge is 2.25. The zero-order valence-electron chi connectivity index (χ0n) is 18.3. The third-order valence-electron chi connectivity index (χ3n) is 5.05. The lowest BCUT2D eigenvalue weighted by Gasteiger charge is -2.20. The van der Waals surface area contributed by atoms with E-state index in [1.807, 2.05) is 44.2 Å². The average Bonchev–Trinajstić information content (AvgIpc) is 3.09. The van der Waals surface area contributed by atoms with E-state index in [4.69, 9.17) is 17.0 Å². The maximum atomic E-state index is 12.9. The number of carbonyl (C=O) groups is 1. The first-order chi connectivity index (χ1) is 14.9. The van der Waals surface area contributed by atoms with Gasteiger partial charge in [0.2, 0.25) is 0 Å². The second-order valence-corrected chi connectivity index (χ2v) is 8.93. The lowest BCUT2D eigenvalue weighted by Crippen LogP contribution is -2.32. The van der Waals surface area contributed by atoms with E-state index < -0.39 is 0 Å². The first kappa shape index (κ1) is 23.0. The molecule has 31 heavy (non-hydrogen) atoms. The molecule has 0 aliphatic rings. The van der Waals surface area contributed by atoms with Crippen molar-refractivity contribution in [1.82, 2.24) is 5.32 Å². The Bertz CT molecular complexity index is 1040. The van der Waals surface area contributed by atoms with Crippen LogP contribution in [0, 0.1) is 13.8 Å². The minimum Gasteiger partial charge on any atom is -0.462 e. The van der Waals surface area contributed by atoms with Crippen LogP contribution in [0.3, 0.4) is 0 Å². The number of benzene rings is 2. The number of nitrogens with one attached hydrogen (secondary N) is 2. The van der Waals surface area contributed by atoms with Gasteiger partial charge in [-0.2, -0.15) is 0 Å². The summed E-state index contributed by atoms with van der Waals surface area (Å²) in [6.45, 7) is 8.33. The fourth-order valence-corrected chi connectivity index (χ4v) is 4.88. The highest BCUT2D eigenvalue weighted by Crippen LogP contribution is 2.40. The Morgan fingerprint density at radius 1 is 1.06 bits per heavy atom. The van der Waals surface area contributed by atoms with Crippen LogP contribution in [0.25, 0.3) is 11.1 Å².